The zero-order chi connectivity index (χ0) is 19.2. The molecule has 0 saturated heterocycles. The number of carbonyl (C=O) groups excluding carboxylic acids is 1. The molecule has 0 aliphatic carbocycles. The minimum Gasteiger partial charge on any atom is -0.494 e. The molecule has 1 aromatic heterocycles. The average Bonchev–Trinajstić information content (AvgIpc) is 2.68. The van der Waals surface area contributed by atoms with Gasteiger partial charge in [-0.15, -0.1) is 0 Å². The van der Waals surface area contributed by atoms with Crippen LogP contribution in [0.15, 0.2) is 54.9 Å². The van der Waals surface area contributed by atoms with Crippen LogP contribution in [0.2, 0.25) is 0 Å². The Kier molecular flexibility index (Phi) is 5.88. The molecule has 3 aromatic rings. The van der Waals surface area contributed by atoms with Gasteiger partial charge in [-0.1, -0.05) is 6.07 Å². The second kappa shape index (κ2) is 8.51. The number of ether oxygens (including phenoxy) is 2. The first-order valence-electron chi connectivity index (χ1n) is 8.67. The summed E-state index contributed by atoms with van der Waals surface area (Å²) in [6, 6.07) is 12.8. The van der Waals surface area contributed by atoms with Gasteiger partial charge in [0, 0.05) is 36.0 Å². The van der Waals surface area contributed by atoms with E-state index in [4.69, 9.17) is 9.47 Å². The largest absolute Gasteiger partial charge is 0.494 e. The molecule has 6 nitrogen and oxygen atoms in total. The van der Waals surface area contributed by atoms with Crippen LogP contribution in [0.4, 0.5) is 5.69 Å². The summed E-state index contributed by atoms with van der Waals surface area (Å²) in [7, 11) is 5.55. The van der Waals surface area contributed by atoms with Gasteiger partial charge in [0.25, 0.3) is 5.91 Å². The molecule has 0 unspecified atom stereocenters. The molecule has 140 valence electrons. The topological polar surface area (TPSA) is 63.7 Å². The SMILES string of the molecule is COc1cc(OCCN(C)C)ccc1NC(=O)c1ccc2ccncc2c1. The molecule has 0 saturated carbocycles. The first-order valence-corrected chi connectivity index (χ1v) is 8.67. The molecule has 1 N–H and O–H groups in total. The van der Waals surface area contributed by atoms with E-state index in [1.165, 1.54) is 0 Å². The van der Waals surface area contributed by atoms with Crippen molar-refractivity contribution in [1.82, 2.24) is 9.88 Å². The quantitative estimate of drug-likeness (QED) is 0.695. The van der Waals surface area contributed by atoms with Gasteiger partial charge in [0.1, 0.15) is 18.1 Å². The van der Waals surface area contributed by atoms with Crippen molar-refractivity contribution in [2.45, 2.75) is 0 Å². The third-order valence-corrected chi connectivity index (χ3v) is 4.13. The highest BCUT2D eigenvalue weighted by molar-refractivity contribution is 6.07. The number of nitrogens with one attached hydrogen (secondary N) is 1. The number of aromatic nitrogens is 1. The number of amides is 1. The van der Waals surface area contributed by atoms with Crippen molar-refractivity contribution in [3.8, 4) is 11.5 Å². The third kappa shape index (κ3) is 4.74. The molecule has 27 heavy (non-hydrogen) atoms. The fraction of sp³-hybridized carbons (Fsp3) is 0.238. The van der Waals surface area contributed by atoms with Crippen molar-refractivity contribution in [3.63, 3.8) is 0 Å². The van der Waals surface area contributed by atoms with Crippen LogP contribution in [0.3, 0.4) is 0 Å². The van der Waals surface area contributed by atoms with Gasteiger partial charge in [0.05, 0.1) is 12.8 Å². The van der Waals surface area contributed by atoms with Crippen molar-refractivity contribution < 1.29 is 14.3 Å². The fourth-order valence-electron chi connectivity index (χ4n) is 2.63. The van der Waals surface area contributed by atoms with Crippen LogP contribution < -0.4 is 14.8 Å². The van der Waals surface area contributed by atoms with Crippen LogP contribution in [0.5, 0.6) is 11.5 Å². The molecule has 1 amide bonds. The molecule has 0 fully saturated rings. The summed E-state index contributed by atoms with van der Waals surface area (Å²) in [6.45, 7) is 1.39. The number of methoxy groups -OCH3 is 1. The number of carbonyl (C=O) groups is 1. The summed E-state index contributed by atoms with van der Waals surface area (Å²) in [4.78, 5) is 18.8. The summed E-state index contributed by atoms with van der Waals surface area (Å²) in [5, 5.41) is 4.85. The number of hydrogen-bond donors (Lipinski definition) is 1. The highest BCUT2D eigenvalue weighted by Crippen LogP contribution is 2.29. The van der Waals surface area contributed by atoms with Gasteiger partial charge in [0.15, 0.2) is 0 Å². The third-order valence-electron chi connectivity index (χ3n) is 4.13. The van der Waals surface area contributed by atoms with Crippen LogP contribution in [0.25, 0.3) is 10.8 Å². The lowest BCUT2D eigenvalue weighted by molar-refractivity contribution is 0.102. The van der Waals surface area contributed by atoms with Crippen LogP contribution in [-0.2, 0) is 0 Å². The minimum absolute atomic E-state index is 0.208. The Morgan fingerprint density at radius 1 is 1.11 bits per heavy atom. The number of rotatable bonds is 7. The molecule has 0 spiro atoms. The Morgan fingerprint density at radius 2 is 1.96 bits per heavy atom. The number of hydrogen-bond acceptors (Lipinski definition) is 5. The molecular weight excluding hydrogens is 342 g/mol. The van der Waals surface area contributed by atoms with Crippen molar-refractivity contribution in [3.05, 3.63) is 60.4 Å². The lowest BCUT2D eigenvalue weighted by Crippen LogP contribution is -2.19. The molecule has 0 atom stereocenters. The summed E-state index contributed by atoms with van der Waals surface area (Å²) in [5.74, 6) is 1.04. The normalized spacial score (nSPS) is 10.8. The Balaban J connectivity index is 1.74. The van der Waals surface area contributed by atoms with Crippen molar-refractivity contribution in [2.75, 3.05) is 39.7 Å². The van der Waals surface area contributed by atoms with Gasteiger partial charge in [-0.25, -0.2) is 0 Å². The van der Waals surface area contributed by atoms with Gasteiger partial charge in [0.2, 0.25) is 0 Å². The number of anilines is 1. The lowest BCUT2D eigenvalue weighted by atomic mass is 10.1. The first kappa shape index (κ1) is 18.7. The second-order valence-electron chi connectivity index (χ2n) is 6.41. The monoisotopic (exact) mass is 365 g/mol. The van der Waals surface area contributed by atoms with Gasteiger partial charge in [-0.05, 0) is 49.8 Å². The number of likely N-dealkylation sites (N-methyl/N-ethyl adjacent to an activating group) is 1. The predicted molar refractivity (Wildman–Crippen MR) is 107 cm³/mol. The molecule has 0 radical (unpaired) electrons. The molecule has 1 heterocycles. The minimum atomic E-state index is -0.208. The summed E-state index contributed by atoms with van der Waals surface area (Å²) in [6.07, 6.45) is 3.47. The van der Waals surface area contributed by atoms with Crippen LogP contribution >= 0.6 is 0 Å². The molecule has 2 aromatic carbocycles. The number of benzene rings is 2. The van der Waals surface area contributed by atoms with E-state index < -0.39 is 0 Å². The Bertz CT molecular complexity index is 941. The number of pyridine rings is 1. The Hall–Kier alpha value is -3.12. The highest BCUT2D eigenvalue weighted by Gasteiger charge is 2.11. The summed E-state index contributed by atoms with van der Waals surface area (Å²) >= 11 is 0. The lowest BCUT2D eigenvalue weighted by Gasteiger charge is -2.14. The molecule has 3 rings (SSSR count). The number of nitrogens with zero attached hydrogens (tertiary/aromatic N) is 2. The average molecular weight is 365 g/mol. The van der Waals surface area contributed by atoms with E-state index in [2.05, 4.69) is 10.3 Å². The summed E-state index contributed by atoms with van der Waals surface area (Å²) < 4.78 is 11.1. The van der Waals surface area contributed by atoms with Crippen LogP contribution in [0, 0.1) is 0 Å². The van der Waals surface area contributed by atoms with E-state index in [1.54, 1.807) is 37.7 Å². The van der Waals surface area contributed by atoms with Crippen LogP contribution in [0.1, 0.15) is 10.4 Å². The van der Waals surface area contributed by atoms with Gasteiger partial charge < -0.3 is 19.7 Å². The molecule has 6 heteroatoms. The van der Waals surface area contributed by atoms with E-state index in [0.29, 0.717) is 29.4 Å². The standard InChI is InChI=1S/C21H23N3O3/c1-24(2)10-11-27-18-6-7-19(20(13-18)26-3)23-21(25)16-5-4-15-8-9-22-14-17(15)12-16/h4-9,12-14H,10-11H2,1-3H3,(H,23,25). The van der Waals surface area contributed by atoms with Crippen molar-refractivity contribution >= 4 is 22.4 Å². The van der Waals surface area contributed by atoms with E-state index in [1.807, 2.05) is 43.3 Å². The zero-order valence-electron chi connectivity index (χ0n) is 15.7. The molecule has 0 aliphatic rings. The van der Waals surface area contributed by atoms with Gasteiger partial charge in [-0.2, -0.15) is 0 Å². The Labute approximate surface area is 158 Å². The van der Waals surface area contributed by atoms with Gasteiger partial charge in [-0.3, -0.25) is 9.78 Å². The maximum atomic E-state index is 12.6. The maximum Gasteiger partial charge on any atom is 0.255 e. The smallest absolute Gasteiger partial charge is 0.255 e. The van der Waals surface area contributed by atoms with Crippen LogP contribution in [-0.4, -0.2) is 50.1 Å². The van der Waals surface area contributed by atoms with Crippen molar-refractivity contribution in [2.24, 2.45) is 0 Å². The van der Waals surface area contributed by atoms with E-state index in [0.717, 1.165) is 17.3 Å². The highest BCUT2D eigenvalue weighted by atomic mass is 16.5. The summed E-state index contributed by atoms with van der Waals surface area (Å²) in [5.41, 5.74) is 1.15. The molecule has 0 bridgehead atoms. The van der Waals surface area contributed by atoms with E-state index in [-0.39, 0.29) is 5.91 Å². The maximum absolute atomic E-state index is 12.6. The number of fused-ring (bicyclic) bond motifs is 1. The zero-order valence-corrected chi connectivity index (χ0v) is 15.7. The second-order valence-corrected chi connectivity index (χ2v) is 6.41. The predicted octanol–water partition coefficient (Wildman–Crippen LogP) is 3.44. The van der Waals surface area contributed by atoms with E-state index in [9.17, 15) is 4.79 Å². The first-order chi connectivity index (χ1) is 13.1. The molecule has 0 aliphatic heterocycles. The van der Waals surface area contributed by atoms with Crippen molar-refractivity contribution in [1.29, 1.82) is 0 Å². The van der Waals surface area contributed by atoms with Gasteiger partial charge >= 0.3 is 0 Å². The fourth-order valence-corrected chi connectivity index (χ4v) is 2.63. The Morgan fingerprint density at radius 3 is 2.74 bits per heavy atom. The molecular formula is C21H23N3O3. The van der Waals surface area contributed by atoms with E-state index >= 15 is 0 Å².